The van der Waals surface area contributed by atoms with Crippen LogP contribution in [0.2, 0.25) is 0 Å². The first kappa shape index (κ1) is 82.3. The zero-order valence-corrected chi connectivity index (χ0v) is 64.1. The van der Waals surface area contributed by atoms with Gasteiger partial charge in [-0.1, -0.05) is 169 Å². The van der Waals surface area contributed by atoms with Gasteiger partial charge < -0.3 is 34.1 Å². The van der Waals surface area contributed by atoms with Crippen molar-refractivity contribution in [3.05, 3.63) is 290 Å². The summed E-state index contributed by atoms with van der Waals surface area (Å²) in [6.45, 7) is 1.01. The van der Waals surface area contributed by atoms with Gasteiger partial charge in [0.2, 0.25) is 0 Å². The molecule has 7 aromatic carbocycles. The van der Waals surface area contributed by atoms with Crippen LogP contribution >= 0.6 is 7.67 Å². The van der Waals surface area contributed by atoms with Crippen LogP contribution in [0.5, 0.6) is 5.75 Å². The summed E-state index contributed by atoms with van der Waals surface area (Å²) in [5.74, 6) is 47.9. The van der Waals surface area contributed by atoms with Crippen molar-refractivity contribution in [2.45, 2.75) is 62.3 Å². The number of nitrogens with one attached hydrogen (secondary N) is 2. The first-order chi connectivity index (χ1) is 56.6. The average Bonchev–Trinajstić information content (AvgIpc) is 0.728. The molecule has 2 amide bonds. The molecular formula is C94H72N9O12P. The summed E-state index contributed by atoms with van der Waals surface area (Å²) < 4.78 is 53.6. The van der Waals surface area contributed by atoms with Crippen molar-refractivity contribution < 1.29 is 47.2 Å². The van der Waals surface area contributed by atoms with Crippen LogP contribution in [0, 0.1) is 138 Å². The lowest BCUT2D eigenvalue weighted by Crippen LogP contribution is -2.58. The fourth-order valence-electron chi connectivity index (χ4n) is 12.8. The van der Waals surface area contributed by atoms with E-state index in [1.165, 1.54) is 43.0 Å². The smallest absolute Gasteiger partial charge is 0.351 e. The van der Waals surface area contributed by atoms with E-state index in [0.29, 0.717) is 16.9 Å². The number of rotatable bonds is 25. The number of carbonyl (C=O) groups is 4. The predicted molar refractivity (Wildman–Crippen MR) is 440 cm³/mol. The number of carbonyl (C=O) groups excluding carboxylic acids is 4. The highest BCUT2D eigenvalue weighted by atomic mass is 31.2. The van der Waals surface area contributed by atoms with E-state index in [0.717, 1.165) is 33.4 Å². The van der Waals surface area contributed by atoms with Crippen LogP contribution in [-0.2, 0) is 38.4 Å². The van der Waals surface area contributed by atoms with E-state index in [9.17, 15) is 28.8 Å². The van der Waals surface area contributed by atoms with Gasteiger partial charge in [-0.15, -0.1) is 6.42 Å². The average molecular weight is 1550 g/mol. The van der Waals surface area contributed by atoms with Crippen LogP contribution in [0.1, 0.15) is 91.7 Å². The van der Waals surface area contributed by atoms with Crippen molar-refractivity contribution in [2.75, 3.05) is 64.1 Å². The highest BCUT2D eigenvalue weighted by Gasteiger charge is 2.49. The molecule has 2 aliphatic heterocycles. The lowest BCUT2D eigenvalue weighted by atomic mass is 9.75. The number of amides is 2. The number of ketones is 1. The van der Waals surface area contributed by atoms with E-state index in [1.54, 1.807) is 86.9 Å². The minimum Gasteiger partial charge on any atom is -0.463 e. The maximum Gasteiger partial charge on any atom is 0.351 e. The number of terminal acetylenes is 1. The summed E-state index contributed by atoms with van der Waals surface area (Å²) in [5, 5.41) is 5.39. The number of morpholine rings is 2. The minimum absolute atomic E-state index is 0.0194. The number of nitrogens with zero attached hydrogens (tertiary/aromatic N) is 7. The number of benzene rings is 7. The maximum atomic E-state index is 16.3. The van der Waals surface area contributed by atoms with Gasteiger partial charge >= 0.3 is 25.0 Å². The standard InChI is InChI=1S/C94H72N9O12P/c1-5-6-7-8-9-10-11-12-13-14-15-16-17-18-19-20-21-22-23-39-64-111-81-57-54-74(55-58-81)84(73-52-50-72(2)51-53-73)65-80(104)56-59-89(105)112-70-83-67-101(69-88(115-83)103-63-61-86(98-93(103)109)96-91(107)76-42-31-25-32-43-76)116(110,99(3)4)113-71-82-66-100(68-87(114-82)102-62-60-85(97-92(102)108)95-90(106)75-40-29-24-30-41-75)94(77-44-33-26-34-45-77,78-46-35-27-36-47-78)79-48-37-28-38-49-79/h1,24-38,40-55,57-58,60-63,82-84,87-88H,56,59,65-71H2,2-4H3,(H,95,97,106,108)(H,96,98,107,109)/t82-,83-,84?,87+,88+,116?/m0/s1. The zero-order chi connectivity index (χ0) is 81.3. The number of hydrogen-bond donors (Lipinski definition) is 2. The molecule has 2 fully saturated rings. The van der Waals surface area contributed by atoms with E-state index < -0.39 is 79.6 Å². The third-order valence-corrected chi connectivity index (χ3v) is 20.6. The van der Waals surface area contributed by atoms with Crippen molar-refractivity contribution in [1.82, 2.24) is 33.3 Å². The molecule has 6 atom stereocenters. The van der Waals surface area contributed by atoms with E-state index >= 15 is 4.57 Å². The summed E-state index contributed by atoms with van der Waals surface area (Å²) in [4.78, 5) is 94.0. The number of ether oxygens (including phenoxy) is 4. The molecule has 0 saturated carbocycles. The van der Waals surface area contributed by atoms with Gasteiger partial charge in [0.1, 0.15) is 42.0 Å². The van der Waals surface area contributed by atoms with Gasteiger partial charge in [-0.25, -0.2) is 18.9 Å². The Labute approximate surface area is 673 Å². The van der Waals surface area contributed by atoms with Crippen LogP contribution in [0.3, 0.4) is 0 Å². The Hall–Kier alpha value is -14.7. The molecule has 11 rings (SSSR count). The second kappa shape index (κ2) is 41.6. The number of hydrogen-bond acceptors (Lipinski definition) is 15. The van der Waals surface area contributed by atoms with Crippen LogP contribution in [-0.4, -0.2) is 123 Å². The first-order valence-electron chi connectivity index (χ1n) is 36.4. The molecule has 4 heterocycles. The molecule has 0 spiro atoms. The van der Waals surface area contributed by atoms with Crippen molar-refractivity contribution >= 4 is 42.9 Å². The van der Waals surface area contributed by atoms with E-state index in [1.807, 2.05) is 134 Å². The normalized spacial score (nSPS) is 15.3. The van der Waals surface area contributed by atoms with Crippen LogP contribution < -0.4 is 26.7 Å². The van der Waals surface area contributed by atoms with Crippen molar-refractivity contribution in [1.29, 1.82) is 0 Å². The first-order valence-corrected chi connectivity index (χ1v) is 37.9. The molecule has 0 bridgehead atoms. The Bertz CT molecular complexity index is 5900. The number of aromatic nitrogens is 4. The molecule has 2 aliphatic rings. The molecule has 570 valence electrons. The third kappa shape index (κ3) is 22.6. The van der Waals surface area contributed by atoms with Crippen molar-refractivity contribution in [2.24, 2.45) is 0 Å². The summed E-state index contributed by atoms with van der Waals surface area (Å²) in [5.41, 5.74) is 3.44. The minimum atomic E-state index is -4.30. The SMILES string of the molecule is C#CC#CC#CC#CC#CC#CC#CC#CC#CC#CC#COc1ccc(C(CC(=O)CCC(=O)OC[C@@H]2CN(P(=O)(OC[C@@H]3CN(C(c4ccccc4)(c4ccccc4)c4ccccc4)C[C@H](n4ccc(NC(=O)c5ccccc5)nc4=O)O3)N(C)C)C[C@H](n3ccc(NC(=O)c4ccccc4)nc3=O)O2)c2ccc(C)cc2)cc1. The molecule has 0 radical (unpaired) electrons. The Morgan fingerprint density at radius 3 is 1.37 bits per heavy atom. The molecule has 21 nitrogen and oxygen atoms in total. The monoisotopic (exact) mass is 1550 g/mol. The van der Waals surface area contributed by atoms with Gasteiger partial charge in [0.15, 0.2) is 12.5 Å². The molecule has 2 N–H and O–H groups in total. The maximum absolute atomic E-state index is 16.3. The number of aryl methyl sites for hydroxylation is 1. The molecule has 2 aromatic heterocycles. The van der Waals surface area contributed by atoms with Gasteiger partial charge in [0.05, 0.1) is 31.2 Å². The number of anilines is 2. The van der Waals surface area contributed by atoms with E-state index in [-0.39, 0.29) is 69.5 Å². The fourth-order valence-corrected chi connectivity index (χ4v) is 14.8. The third-order valence-electron chi connectivity index (χ3n) is 18.1. The van der Waals surface area contributed by atoms with Gasteiger partial charge in [-0.2, -0.15) is 9.97 Å². The van der Waals surface area contributed by atoms with Gasteiger partial charge in [-0.05, 0) is 145 Å². The van der Waals surface area contributed by atoms with Gasteiger partial charge in [0.25, 0.3) is 11.8 Å². The Kier molecular flexibility index (Phi) is 29.5. The van der Waals surface area contributed by atoms with Crippen LogP contribution in [0.4, 0.5) is 11.6 Å². The highest BCUT2D eigenvalue weighted by Crippen LogP contribution is 2.55. The molecule has 116 heavy (non-hydrogen) atoms. The summed E-state index contributed by atoms with van der Waals surface area (Å²) in [7, 11) is -1.14. The second-order valence-electron chi connectivity index (χ2n) is 26.0. The summed E-state index contributed by atoms with van der Waals surface area (Å²) in [6, 6.07) is 64.7. The Morgan fingerprint density at radius 2 is 0.931 bits per heavy atom. The van der Waals surface area contributed by atoms with Gasteiger partial charge in [0, 0.05) is 133 Å². The zero-order valence-electron chi connectivity index (χ0n) is 63.2. The second-order valence-corrected chi connectivity index (χ2v) is 28.6. The number of esters is 1. The largest absolute Gasteiger partial charge is 0.463 e. The predicted octanol–water partition coefficient (Wildman–Crippen LogP) is 10.5. The van der Waals surface area contributed by atoms with Crippen LogP contribution in [0.25, 0.3) is 0 Å². The highest BCUT2D eigenvalue weighted by molar-refractivity contribution is 7.53. The lowest BCUT2D eigenvalue weighted by Gasteiger charge is -2.51. The summed E-state index contributed by atoms with van der Waals surface area (Å²) >= 11 is 0. The lowest BCUT2D eigenvalue weighted by molar-refractivity contribution is -0.161. The molecule has 2 unspecified atom stereocenters. The Morgan fingerprint density at radius 1 is 0.517 bits per heavy atom. The van der Waals surface area contributed by atoms with Gasteiger partial charge in [-0.3, -0.25) is 37.8 Å². The molecule has 2 saturated heterocycles. The molecular weight excluding hydrogens is 1480 g/mol. The number of Topliss-reactive ketones (excluding diaryl/α,β-unsaturated/α-hetero) is 1. The molecule has 0 aliphatic carbocycles. The topological polar surface area (TPSA) is 235 Å². The van der Waals surface area contributed by atoms with Crippen molar-refractivity contribution in [3.63, 3.8) is 0 Å². The van der Waals surface area contributed by atoms with Crippen LogP contribution in [0.15, 0.2) is 234 Å². The molecule has 22 heteroatoms. The Balaban J connectivity index is 0.796. The fraction of sp³-hybridized carbons (Fsp3) is 0.191. The quantitative estimate of drug-likeness (QED) is 0.0234. The molecule has 9 aromatic rings. The van der Waals surface area contributed by atoms with E-state index in [2.05, 4.69) is 150 Å². The van der Waals surface area contributed by atoms with E-state index in [4.69, 9.17) is 29.9 Å². The van der Waals surface area contributed by atoms with Crippen molar-refractivity contribution in [3.8, 4) is 137 Å². The summed E-state index contributed by atoms with van der Waals surface area (Å²) in [6.07, 6.45) is 5.64.